The predicted molar refractivity (Wildman–Crippen MR) is 153 cm³/mol. The summed E-state index contributed by atoms with van der Waals surface area (Å²) < 4.78 is 13.0. The lowest BCUT2D eigenvalue weighted by Gasteiger charge is -2.17. The van der Waals surface area contributed by atoms with Crippen LogP contribution in [-0.4, -0.2) is 22.7 Å². The van der Waals surface area contributed by atoms with E-state index < -0.39 is 0 Å². The fourth-order valence-corrected chi connectivity index (χ4v) is 5.25. The van der Waals surface area contributed by atoms with Crippen LogP contribution in [0.2, 0.25) is 5.02 Å². The van der Waals surface area contributed by atoms with E-state index in [2.05, 4.69) is 22.5 Å². The summed E-state index contributed by atoms with van der Waals surface area (Å²) in [4.78, 5) is 27.4. The Hall–Kier alpha value is -3.00. The third-order valence-electron chi connectivity index (χ3n) is 5.52. The lowest BCUT2D eigenvalue weighted by Crippen LogP contribution is -2.27. The van der Waals surface area contributed by atoms with Crippen molar-refractivity contribution in [3.8, 4) is 11.5 Å². The van der Waals surface area contributed by atoms with Crippen LogP contribution in [0.4, 0.5) is 4.79 Å². The summed E-state index contributed by atoms with van der Waals surface area (Å²) in [6.07, 6.45) is 4.06. The van der Waals surface area contributed by atoms with Gasteiger partial charge in [-0.3, -0.25) is 14.5 Å². The highest BCUT2D eigenvalue weighted by molar-refractivity contribution is 9.10. The number of allylic oxidation sites excluding steroid dienone is 1. The molecule has 4 rings (SSSR count). The van der Waals surface area contributed by atoms with Crippen LogP contribution in [-0.2, 0) is 24.4 Å². The van der Waals surface area contributed by atoms with Crippen molar-refractivity contribution in [1.29, 1.82) is 0 Å². The summed E-state index contributed by atoms with van der Waals surface area (Å²) in [5.41, 5.74) is 3.45. The van der Waals surface area contributed by atoms with Gasteiger partial charge >= 0.3 is 0 Å². The quantitative estimate of drug-likeness (QED) is 0.175. The molecule has 3 aromatic rings. The van der Waals surface area contributed by atoms with Crippen molar-refractivity contribution in [2.24, 2.45) is 0 Å². The number of carbonyl (C=O) groups is 2. The first-order valence-corrected chi connectivity index (χ1v) is 13.6. The van der Waals surface area contributed by atoms with E-state index in [1.807, 2.05) is 67.6 Å². The van der Waals surface area contributed by atoms with E-state index >= 15 is 0 Å². The van der Waals surface area contributed by atoms with Gasteiger partial charge in [0.15, 0.2) is 11.5 Å². The molecular formula is C29H25BrClNO4S. The topological polar surface area (TPSA) is 55.8 Å². The Morgan fingerprint density at radius 1 is 1.05 bits per heavy atom. The smallest absolute Gasteiger partial charge is 0.293 e. The standard InChI is InChI=1S/C29H25BrClNO4S/c1-3-6-22-13-21(15-25(35-4-2)27(22)36-18-19-9-11-24(31)12-10-19)16-26-28(33)32(29(34)37-26)17-20-7-5-8-23(30)14-20/h3,5,7-16H,1,4,6,17-18H2,2H3/b26-16-. The highest BCUT2D eigenvalue weighted by Crippen LogP contribution is 2.38. The van der Waals surface area contributed by atoms with Gasteiger partial charge in [0.05, 0.1) is 18.1 Å². The van der Waals surface area contributed by atoms with Gasteiger partial charge in [0.1, 0.15) is 6.61 Å². The Morgan fingerprint density at radius 3 is 2.54 bits per heavy atom. The largest absolute Gasteiger partial charge is 0.490 e. The lowest BCUT2D eigenvalue weighted by atomic mass is 10.0. The third kappa shape index (κ3) is 6.86. The van der Waals surface area contributed by atoms with Gasteiger partial charge < -0.3 is 9.47 Å². The molecule has 0 unspecified atom stereocenters. The predicted octanol–water partition coefficient (Wildman–Crippen LogP) is 8.05. The molecule has 1 saturated heterocycles. The molecule has 5 nitrogen and oxygen atoms in total. The van der Waals surface area contributed by atoms with Gasteiger partial charge in [-0.1, -0.05) is 57.9 Å². The van der Waals surface area contributed by atoms with E-state index in [1.54, 1.807) is 12.2 Å². The van der Waals surface area contributed by atoms with Gasteiger partial charge in [-0.25, -0.2) is 0 Å². The summed E-state index contributed by atoms with van der Waals surface area (Å²) in [5, 5.41) is 0.368. The Balaban J connectivity index is 1.61. The number of hydrogen-bond donors (Lipinski definition) is 0. The first kappa shape index (κ1) is 27.0. The molecule has 1 fully saturated rings. The first-order valence-electron chi connectivity index (χ1n) is 11.7. The number of rotatable bonds is 10. The molecule has 3 aromatic carbocycles. The highest BCUT2D eigenvalue weighted by Gasteiger charge is 2.35. The van der Waals surface area contributed by atoms with E-state index in [-0.39, 0.29) is 17.7 Å². The highest BCUT2D eigenvalue weighted by atomic mass is 79.9. The van der Waals surface area contributed by atoms with Crippen molar-refractivity contribution >= 4 is 56.5 Å². The normalized spacial score (nSPS) is 14.4. The molecule has 0 aromatic heterocycles. The number of nitrogens with zero attached hydrogens (tertiary/aromatic N) is 1. The van der Waals surface area contributed by atoms with Crippen LogP contribution < -0.4 is 9.47 Å². The maximum Gasteiger partial charge on any atom is 0.293 e. The number of hydrogen-bond acceptors (Lipinski definition) is 5. The van der Waals surface area contributed by atoms with Crippen LogP contribution in [0.15, 0.2) is 82.7 Å². The molecule has 0 atom stereocenters. The summed E-state index contributed by atoms with van der Waals surface area (Å²) >= 11 is 10.4. The molecular weight excluding hydrogens is 574 g/mol. The average molecular weight is 599 g/mol. The number of amides is 2. The average Bonchev–Trinajstić information content (AvgIpc) is 3.12. The molecule has 1 aliphatic heterocycles. The SMILES string of the molecule is C=CCc1cc(/C=C2\SC(=O)N(Cc3cccc(Br)c3)C2=O)cc(OCC)c1OCc1ccc(Cl)cc1. The maximum absolute atomic E-state index is 13.1. The second kappa shape index (κ2) is 12.5. The summed E-state index contributed by atoms with van der Waals surface area (Å²) in [7, 11) is 0. The molecule has 8 heteroatoms. The first-order chi connectivity index (χ1) is 17.9. The molecule has 37 heavy (non-hydrogen) atoms. The van der Waals surface area contributed by atoms with Crippen molar-refractivity contribution in [3.05, 3.63) is 110 Å². The molecule has 0 bridgehead atoms. The number of carbonyl (C=O) groups excluding carboxylic acids is 2. The zero-order chi connectivity index (χ0) is 26.4. The van der Waals surface area contributed by atoms with Crippen LogP contribution in [0.5, 0.6) is 11.5 Å². The number of thioether (sulfide) groups is 1. The Kier molecular flexibility index (Phi) is 9.14. The second-order valence-corrected chi connectivity index (χ2v) is 10.6. The van der Waals surface area contributed by atoms with E-state index in [0.717, 1.165) is 38.5 Å². The van der Waals surface area contributed by atoms with Gasteiger partial charge in [-0.05, 0) is 84.3 Å². The molecule has 1 aliphatic rings. The lowest BCUT2D eigenvalue weighted by molar-refractivity contribution is -0.123. The van der Waals surface area contributed by atoms with Gasteiger partial charge in [0, 0.05) is 15.1 Å². The van der Waals surface area contributed by atoms with Crippen LogP contribution in [0.1, 0.15) is 29.2 Å². The Bertz CT molecular complexity index is 1360. The summed E-state index contributed by atoms with van der Waals surface area (Å²) in [5.74, 6) is 0.869. The van der Waals surface area contributed by atoms with E-state index in [1.165, 1.54) is 4.90 Å². The summed E-state index contributed by atoms with van der Waals surface area (Å²) in [6, 6.07) is 18.8. The Labute approximate surface area is 234 Å². The molecule has 0 saturated carbocycles. The molecule has 0 aliphatic carbocycles. The van der Waals surface area contributed by atoms with Gasteiger partial charge in [-0.15, -0.1) is 6.58 Å². The molecule has 0 spiro atoms. The number of imide groups is 1. The van der Waals surface area contributed by atoms with Crippen molar-refractivity contribution in [1.82, 2.24) is 4.90 Å². The second-order valence-electron chi connectivity index (χ2n) is 8.25. The Morgan fingerprint density at radius 2 is 1.84 bits per heavy atom. The fraction of sp³-hybridized carbons (Fsp3) is 0.172. The van der Waals surface area contributed by atoms with Crippen molar-refractivity contribution < 1.29 is 19.1 Å². The monoisotopic (exact) mass is 597 g/mol. The molecule has 2 amide bonds. The minimum absolute atomic E-state index is 0.213. The minimum atomic E-state index is -0.318. The zero-order valence-electron chi connectivity index (χ0n) is 20.2. The summed E-state index contributed by atoms with van der Waals surface area (Å²) in [6.45, 7) is 6.77. The molecule has 190 valence electrons. The molecule has 0 N–H and O–H groups in total. The van der Waals surface area contributed by atoms with E-state index in [9.17, 15) is 9.59 Å². The minimum Gasteiger partial charge on any atom is -0.490 e. The van der Waals surface area contributed by atoms with Crippen molar-refractivity contribution in [2.75, 3.05) is 6.61 Å². The molecule has 1 heterocycles. The van der Waals surface area contributed by atoms with E-state index in [0.29, 0.717) is 41.1 Å². The van der Waals surface area contributed by atoms with Crippen molar-refractivity contribution in [3.63, 3.8) is 0 Å². The van der Waals surface area contributed by atoms with Crippen molar-refractivity contribution in [2.45, 2.75) is 26.5 Å². The van der Waals surface area contributed by atoms with E-state index in [4.69, 9.17) is 21.1 Å². The maximum atomic E-state index is 13.1. The molecule has 0 radical (unpaired) electrons. The fourth-order valence-electron chi connectivity index (χ4n) is 3.84. The van der Waals surface area contributed by atoms with Crippen LogP contribution in [0.3, 0.4) is 0 Å². The third-order valence-corrected chi connectivity index (χ3v) is 7.17. The van der Waals surface area contributed by atoms with Gasteiger partial charge in [0.2, 0.25) is 0 Å². The number of benzene rings is 3. The number of ether oxygens (including phenoxy) is 2. The van der Waals surface area contributed by atoms with Crippen LogP contribution in [0, 0.1) is 0 Å². The van der Waals surface area contributed by atoms with Crippen LogP contribution >= 0.6 is 39.3 Å². The zero-order valence-corrected chi connectivity index (χ0v) is 23.4. The van der Waals surface area contributed by atoms with Crippen LogP contribution in [0.25, 0.3) is 6.08 Å². The van der Waals surface area contributed by atoms with Gasteiger partial charge in [0.25, 0.3) is 11.1 Å². The number of halogens is 2. The van der Waals surface area contributed by atoms with Gasteiger partial charge in [-0.2, -0.15) is 0 Å².